The monoisotopic (exact) mass is 405 g/mol. The van der Waals surface area contributed by atoms with Gasteiger partial charge in [-0.05, 0) is 56.0 Å². The summed E-state index contributed by atoms with van der Waals surface area (Å²) in [5, 5.41) is 0. The first-order valence-corrected chi connectivity index (χ1v) is 11.0. The Morgan fingerprint density at radius 1 is 0.800 bits per heavy atom. The van der Waals surface area contributed by atoms with Crippen LogP contribution in [-0.4, -0.2) is 60.9 Å². The number of hydrogen-bond donors (Lipinski definition) is 0. The highest BCUT2D eigenvalue weighted by atomic mass is 16.2. The van der Waals surface area contributed by atoms with Crippen LogP contribution in [0.4, 0.5) is 5.69 Å². The van der Waals surface area contributed by atoms with E-state index in [1.165, 1.54) is 11.3 Å². The van der Waals surface area contributed by atoms with Crippen molar-refractivity contribution in [3.8, 4) is 0 Å². The quantitative estimate of drug-likeness (QED) is 0.785. The number of amides is 2. The van der Waals surface area contributed by atoms with E-state index in [4.69, 9.17) is 0 Å². The van der Waals surface area contributed by atoms with Crippen LogP contribution >= 0.6 is 0 Å². The van der Waals surface area contributed by atoms with Crippen molar-refractivity contribution >= 4 is 17.5 Å². The fraction of sp³-hybridized carbons (Fsp3) is 0.440. The van der Waals surface area contributed by atoms with Gasteiger partial charge in [0.25, 0.3) is 5.91 Å². The average molecular weight is 406 g/mol. The van der Waals surface area contributed by atoms with E-state index in [-0.39, 0.29) is 17.7 Å². The molecule has 2 amide bonds. The van der Waals surface area contributed by atoms with Gasteiger partial charge in [-0.15, -0.1) is 0 Å². The van der Waals surface area contributed by atoms with Gasteiger partial charge in [-0.2, -0.15) is 0 Å². The molecule has 2 fully saturated rings. The summed E-state index contributed by atoms with van der Waals surface area (Å²) in [7, 11) is 0. The first-order valence-electron chi connectivity index (χ1n) is 11.0. The molecule has 2 aromatic carbocycles. The maximum absolute atomic E-state index is 13.1. The lowest BCUT2D eigenvalue weighted by atomic mass is 9.94. The van der Waals surface area contributed by atoms with Gasteiger partial charge in [0.05, 0.1) is 0 Å². The van der Waals surface area contributed by atoms with Crippen molar-refractivity contribution in [2.45, 2.75) is 26.7 Å². The minimum absolute atomic E-state index is 0.0384. The first kappa shape index (κ1) is 20.5. The van der Waals surface area contributed by atoms with E-state index in [2.05, 4.69) is 36.1 Å². The topological polar surface area (TPSA) is 43.9 Å². The SMILES string of the molecule is Cc1cccc(N2CCN(C(=O)C3CCN(C(=O)c4ccccc4C)CC3)CC2)c1. The Bertz CT molecular complexity index is 910. The van der Waals surface area contributed by atoms with Crippen LogP contribution in [0.2, 0.25) is 0 Å². The summed E-state index contributed by atoms with van der Waals surface area (Å²) >= 11 is 0. The van der Waals surface area contributed by atoms with Crippen molar-refractivity contribution in [3.05, 3.63) is 65.2 Å². The lowest BCUT2D eigenvalue weighted by molar-refractivity contribution is -0.137. The molecule has 5 nitrogen and oxygen atoms in total. The second-order valence-electron chi connectivity index (χ2n) is 8.53. The van der Waals surface area contributed by atoms with Crippen molar-refractivity contribution in [3.63, 3.8) is 0 Å². The predicted octanol–water partition coefficient (Wildman–Crippen LogP) is 3.50. The second-order valence-corrected chi connectivity index (χ2v) is 8.53. The summed E-state index contributed by atoms with van der Waals surface area (Å²) in [6.45, 7) is 8.70. The number of anilines is 1. The van der Waals surface area contributed by atoms with Gasteiger partial charge < -0.3 is 14.7 Å². The molecule has 2 heterocycles. The molecule has 0 aromatic heterocycles. The molecule has 0 atom stereocenters. The normalized spacial score (nSPS) is 17.9. The lowest BCUT2D eigenvalue weighted by Crippen LogP contribution is -2.52. The number of nitrogens with zero attached hydrogens (tertiary/aromatic N) is 3. The Hall–Kier alpha value is -2.82. The van der Waals surface area contributed by atoms with Gasteiger partial charge >= 0.3 is 0 Å². The number of hydrogen-bond acceptors (Lipinski definition) is 3. The predicted molar refractivity (Wildman–Crippen MR) is 120 cm³/mol. The lowest BCUT2D eigenvalue weighted by Gasteiger charge is -2.39. The van der Waals surface area contributed by atoms with Gasteiger partial charge in [-0.3, -0.25) is 9.59 Å². The van der Waals surface area contributed by atoms with E-state index in [0.717, 1.165) is 50.1 Å². The molecule has 0 radical (unpaired) electrons. The minimum Gasteiger partial charge on any atom is -0.368 e. The number of carbonyl (C=O) groups excluding carboxylic acids is 2. The summed E-state index contributed by atoms with van der Waals surface area (Å²) in [5.74, 6) is 0.393. The van der Waals surface area contributed by atoms with Crippen LogP contribution in [0.1, 0.15) is 34.3 Å². The fourth-order valence-electron chi connectivity index (χ4n) is 4.58. The highest BCUT2D eigenvalue weighted by Crippen LogP contribution is 2.24. The van der Waals surface area contributed by atoms with Crippen molar-refractivity contribution < 1.29 is 9.59 Å². The molecule has 2 aromatic rings. The van der Waals surface area contributed by atoms with Gasteiger partial charge in [0.2, 0.25) is 5.91 Å². The van der Waals surface area contributed by atoms with Crippen molar-refractivity contribution in [2.75, 3.05) is 44.2 Å². The first-order chi connectivity index (χ1) is 14.5. The minimum atomic E-state index is 0.0384. The van der Waals surface area contributed by atoms with Crippen LogP contribution in [0, 0.1) is 19.8 Å². The summed E-state index contributed by atoms with van der Waals surface area (Å²) in [6, 6.07) is 16.3. The molecule has 0 N–H and O–H groups in total. The molecule has 0 saturated carbocycles. The molecule has 0 spiro atoms. The van der Waals surface area contributed by atoms with Crippen LogP contribution in [0.15, 0.2) is 48.5 Å². The average Bonchev–Trinajstić information content (AvgIpc) is 2.79. The van der Waals surface area contributed by atoms with Gasteiger partial charge in [0.15, 0.2) is 0 Å². The third-order valence-corrected chi connectivity index (χ3v) is 6.47. The van der Waals surface area contributed by atoms with Crippen LogP contribution in [0.5, 0.6) is 0 Å². The number of piperidine rings is 1. The van der Waals surface area contributed by atoms with Gasteiger partial charge in [0, 0.05) is 56.4 Å². The molecule has 2 aliphatic rings. The van der Waals surface area contributed by atoms with E-state index < -0.39 is 0 Å². The molecule has 0 aliphatic carbocycles. The Kier molecular flexibility index (Phi) is 6.07. The van der Waals surface area contributed by atoms with E-state index in [9.17, 15) is 9.59 Å². The number of aryl methyl sites for hydroxylation is 2. The summed E-state index contributed by atoms with van der Waals surface area (Å²) in [4.78, 5) is 32.2. The Balaban J connectivity index is 1.29. The number of carbonyl (C=O) groups is 2. The van der Waals surface area contributed by atoms with Gasteiger partial charge in [-0.1, -0.05) is 30.3 Å². The Morgan fingerprint density at radius 2 is 1.50 bits per heavy atom. The fourth-order valence-corrected chi connectivity index (χ4v) is 4.58. The van der Waals surface area contributed by atoms with Crippen LogP contribution < -0.4 is 4.90 Å². The molecule has 5 heteroatoms. The van der Waals surface area contributed by atoms with E-state index >= 15 is 0 Å². The number of piperazine rings is 1. The van der Waals surface area contributed by atoms with E-state index in [1.807, 2.05) is 41.0 Å². The highest BCUT2D eigenvalue weighted by molar-refractivity contribution is 5.95. The number of likely N-dealkylation sites (tertiary alicyclic amines) is 1. The summed E-state index contributed by atoms with van der Waals surface area (Å²) < 4.78 is 0. The standard InChI is InChI=1S/C25H31N3O2/c1-19-6-5-8-22(18-19)26-14-16-28(17-15-26)24(29)21-10-12-27(13-11-21)25(30)23-9-4-3-7-20(23)2/h3-9,18,21H,10-17H2,1-2H3. The van der Waals surface area contributed by atoms with Crippen molar-refractivity contribution in [1.29, 1.82) is 0 Å². The zero-order valence-electron chi connectivity index (χ0n) is 18.0. The van der Waals surface area contributed by atoms with Crippen LogP contribution in [0.3, 0.4) is 0 Å². The van der Waals surface area contributed by atoms with Crippen molar-refractivity contribution in [1.82, 2.24) is 9.80 Å². The third kappa shape index (κ3) is 4.35. The van der Waals surface area contributed by atoms with Gasteiger partial charge in [0.1, 0.15) is 0 Å². The Morgan fingerprint density at radius 3 is 2.17 bits per heavy atom. The maximum atomic E-state index is 13.1. The largest absolute Gasteiger partial charge is 0.368 e. The third-order valence-electron chi connectivity index (χ3n) is 6.47. The van der Waals surface area contributed by atoms with Gasteiger partial charge in [-0.25, -0.2) is 0 Å². The second kappa shape index (κ2) is 8.90. The maximum Gasteiger partial charge on any atom is 0.254 e. The number of rotatable bonds is 3. The van der Waals surface area contributed by atoms with Crippen LogP contribution in [0.25, 0.3) is 0 Å². The summed E-state index contributed by atoms with van der Waals surface area (Å²) in [5.41, 5.74) is 4.28. The Labute approximate surface area is 179 Å². The zero-order chi connectivity index (χ0) is 21.1. The molecule has 158 valence electrons. The molecule has 0 unspecified atom stereocenters. The molecule has 4 rings (SSSR count). The molecular formula is C25H31N3O2. The molecule has 0 bridgehead atoms. The molecule has 30 heavy (non-hydrogen) atoms. The van der Waals surface area contributed by atoms with Crippen molar-refractivity contribution in [2.24, 2.45) is 5.92 Å². The summed E-state index contributed by atoms with van der Waals surface area (Å²) in [6.07, 6.45) is 1.52. The highest BCUT2D eigenvalue weighted by Gasteiger charge is 2.32. The molecule has 2 saturated heterocycles. The van der Waals surface area contributed by atoms with Crippen LogP contribution in [-0.2, 0) is 4.79 Å². The van der Waals surface area contributed by atoms with E-state index in [0.29, 0.717) is 13.1 Å². The number of benzene rings is 2. The van der Waals surface area contributed by atoms with E-state index in [1.54, 1.807) is 0 Å². The zero-order valence-corrected chi connectivity index (χ0v) is 18.0. The molecular weight excluding hydrogens is 374 g/mol. The molecule has 2 aliphatic heterocycles. The smallest absolute Gasteiger partial charge is 0.254 e.